The molecule has 0 aromatic heterocycles. The molecule has 4 nitrogen and oxygen atoms in total. The smallest absolute Gasteiger partial charge is 0.251 e. The zero-order chi connectivity index (χ0) is 18.8. The summed E-state index contributed by atoms with van der Waals surface area (Å²) in [6, 6.07) is 13.9. The Balaban J connectivity index is 1.92. The van der Waals surface area contributed by atoms with E-state index in [2.05, 4.69) is 36.2 Å². The van der Waals surface area contributed by atoms with Crippen molar-refractivity contribution < 1.29 is 14.3 Å². The van der Waals surface area contributed by atoms with E-state index < -0.39 is 0 Å². The van der Waals surface area contributed by atoms with Crippen LogP contribution in [0.2, 0.25) is 0 Å². The third kappa shape index (κ3) is 5.38. The van der Waals surface area contributed by atoms with E-state index >= 15 is 0 Å². The Kier molecular flexibility index (Phi) is 7.75. The highest BCUT2D eigenvalue weighted by molar-refractivity contribution is 5.95. The number of ether oxygens (including phenoxy) is 2. The third-order valence-corrected chi connectivity index (χ3v) is 4.20. The molecule has 4 heteroatoms. The van der Waals surface area contributed by atoms with Crippen molar-refractivity contribution in [1.29, 1.82) is 0 Å². The maximum Gasteiger partial charge on any atom is 0.251 e. The SMILES string of the molecule is C=CCc1cc(C(=O)NCCCCc2ccccc2)cc(OC)c1OC. The van der Waals surface area contributed by atoms with Gasteiger partial charge >= 0.3 is 0 Å². The molecular weight excluding hydrogens is 326 g/mol. The van der Waals surface area contributed by atoms with Gasteiger partial charge in [-0.3, -0.25) is 4.79 Å². The van der Waals surface area contributed by atoms with Crippen molar-refractivity contribution in [3.8, 4) is 11.5 Å². The minimum atomic E-state index is -0.101. The quantitative estimate of drug-likeness (QED) is 0.515. The van der Waals surface area contributed by atoms with Gasteiger partial charge in [-0.25, -0.2) is 0 Å². The molecule has 138 valence electrons. The van der Waals surface area contributed by atoms with Gasteiger partial charge in [0.15, 0.2) is 11.5 Å². The predicted molar refractivity (Wildman–Crippen MR) is 105 cm³/mol. The Morgan fingerprint density at radius 2 is 1.88 bits per heavy atom. The summed E-state index contributed by atoms with van der Waals surface area (Å²) in [5.74, 6) is 1.10. The molecule has 0 heterocycles. The first-order valence-electron chi connectivity index (χ1n) is 8.87. The van der Waals surface area contributed by atoms with Gasteiger partial charge in [-0.15, -0.1) is 6.58 Å². The second-order valence-corrected chi connectivity index (χ2v) is 6.06. The minimum Gasteiger partial charge on any atom is -0.493 e. The van der Waals surface area contributed by atoms with E-state index in [4.69, 9.17) is 9.47 Å². The number of rotatable bonds is 10. The summed E-state index contributed by atoms with van der Waals surface area (Å²) in [7, 11) is 3.16. The molecule has 0 saturated carbocycles. The van der Waals surface area contributed by atoms with Crippen molar-refractivity contribution in [2.45, 2.75) is 25.7 Å². The van der Waals surface area contributed by atoms with Gasteiger partial charge in [0, 0.05) is 17.7 Å². The van der Waals surface area contributed by atoms with Crippen LogP contribution in [0, 0.1) is 0 Å². The molecule has 0 saturated heterocycles. The van der Waals surface area contributed by atoms with Crippen molar-refractivity contribution in [3.05, 3.63) is 71.8 Å². The third-order valence-electron chi connectivity index (χ3n) is 4.20. The van der Waals surface area contributed by atoms with E-state index in [1.165, 1.54) is 5.56 Å². The van der Waals surface area contributed by atoms with Crippen molar-refractivity contribution in [2.24, 2.45) is 0 Å². The number of carbonyl (C=O) groups is 1. The molecule has 0 unspecified atom stereocenters. The molecule has 0 radical (unpaired) electrons. The van der Waals surface area contributed by atoms with Crippen LogP contribution in [0.1, 0.15) is 34.3 Å². The molecule has 0 spiro atoms. The van der Waals surface area contributed by atoms with E-state index in [1.54, 1.807) is 26.4 Å². The number of carbonyl (C=O) groups excluding carboxylic acids is 1. The van der Waals surface area contributed by atoms with Crippen LogP contribution in [-0.2, 0) is 12.8 Å². The number of nitrogens with one attached hydrogen (secondary N) is 1. The lowest BCUT2D eigenvalue weighted by Gasteiger charge is -2.14. The van der Waals surface area contributed by atoms with Crippen molar-refractivity contribution in [1.82, 2.24) is 5.32 Å². The molecule has 1 N–H and O–H groups in total. The summed E-state index contributed by atoms with van der Waals surface area (Å²) in [4.78, 5) is 12.5. The molecule has 0 aliphatic carbocycles. The molecule has 0 atom stereocenters. The number of aryl methyl sites for hydroxylation is 1. The Morgan fingerprint density at radius 1 is 1.12 bits per heavy atom. The lowest BCUT2D eigenvalue weighted by Crippen LogP contribution is -2.24. The molecule has 2 aromatic rings. The molecule has 2 rings (SSSR count). The zero-order valence-electron chi connectivity index (χ0n) is 15.6. The first-order chi connectivity index (χ1) is 12.7. The highest BCUT2D eigenvalue weighted by atomic mass is 16.5. The lowest BCUT2D eigenvalue weighted by molar-refractivity contribution is 0.0952. The van der Waals surface area contributed by atoms with Gasteiger partial charge in [0.25, 0.3) is 5.91 Å². The largest absolute Gasteiger partial charge is 0.493 e. The summed E-state index contributed by atoms with van der Waals surface area (Å²) in [5, 5.41) is 2.98. The first kappa shape index (κ1) is 19.6. The Hall–Kier alpha value is -2.75. The predicted octanol–water partition coefficient (Wildman–Crippen LogP) is 4.19. The number of methoxy groups -OCH3 is 2. The number of allylic oxidation sites excluding steroid dienone is 1. The van der Waals surface area contributed by atoms with Gasteiger partial charge in [0.05, 0.1) is 14.2 Å². The normalized spacial score (nSPS) is 10.2. The van der Waals surface area contributed by atoms with E-state index in [-0.39, 0.29) is 5.91 Å². The Bertz CT molecular complexity index is 726. The van der Waals surface area contributed by atoms with Crippen LogP contribution in [0.25, 0.3) is 0 Å². The van der Waals surface area contributed by atoms with E-state index in [0.29, 0.717) is 30.0 Å². The Morgan fingerprint density at radius 3 is 2.54 bits per heavy atom. The summed E-state index contributed by atoms with van der Waals surface area (Å²) >= 11 is 0. The van der Waals surface area contributed by atoms with Gasteiger partial charge in [-0.05, 0) is 43.4 Å². The maximum absolute atomic E-state index is 12.5. The number of amides is 1. The Labute approximate surface area is 155 Å². The second-order valence-electron chi connectivity index (χ2n) is 6.06. The molecule has 0 bridgehead atoms. The average molecular weight is 353 g/mol. The van der Waals surface area contributed by atoms with Crippen molar-refractivity contribution >= 4 is 5.91 Å². The summed E-state index contributed by atoms with van der Waals surface area (Å²) in [6.45, 7) is 4.41. The molecule has 1 amide bonds. The number of hydrogen-bond acceptors (Lipinski definition) is 3. The van der Waals surface area contributed by atoms with Crippen LogP contribution < -0.4 is 14.8 Å². The maximum atomic E-state index is 12.5. The van der Waals surface area contributed by atoms with Gasteiger partial charge in [-0.2, -0.15) is 0 Å². The minimum absolute atomic E-state index is 0.101. The van der Waals surface area contributed by atoms with Crippen molar-refractivity contribution in [3.63, 3.8) is 0 Å². The molecule has 0 aliphatic heterocycles. The highest BCUT2D eigenvalue weighted by Crippen LogP contribution is 2.33. The summed E-state index contributed by atoms with van der Waals surface area (Å²) in [6.07, 6.45) is 5.39. The zero-order valence-corrected chi connectivity index (χ0v) is 15.6. The van der Waals surface area contributed by atoms with Crippen molar-refractivity contribution in [2.75, 3.05) is 20.8 Å². The summed E-state index contributed by atoms with van der Waals surface area (Å²) in [5.41, 5.74) is 2.78. The monoisotopic (exact) mass is 353 g/mol. The van der Waals surface area contributed by atoms with E-state index in [9.17, 15) is 4.79 Å². The van der Waals surface area contributed by atoms with Crippen LogP contribution in [0.4, 0.5) is 0 Å². The van der Waals surface area contributed by atoms with E-state index in [0.717, 1.165) is 24.8 Å². The molecule has 26 heavy (non-hydrogen) atoms. The number of hydrogen-bond donors (Lipinski definition) is 1. The average Bonchev–Trinajstić information content (AvgIpc) is 2.68. The molecule has 2 aromatic carbocycles. The number of unbranched alkanes of at least 4 members (excludes halogenated alkanes) is 1. The fourth-order valence-electron chi connectivity index (χ4n) is 2.88. The molecule has 0 aliphatic rings. The van der Waals surface area contributed by atoms with Gasteiger partial charge < -0.3 is 14.8 Å². The van der Waals surface area contributed by atoms with Crippen LogP contribution in [0.15, 0.2) is 55.1 Å². The summed E-state index contributed by atoms with van der Waals surface area (Å²) < 4.78 is 10.8. The molecular formula is C22H27NO3. The van der Waals surface area contributed by atoms with Crippen LogP contribution >= 0.6 is 0 Å². The number of benzene rings is 2. The second kappa shape index (κ2) is 10.3. The highest BCUT2D eigenvalue weighted by Gasteiger charge is 2.15. The van der Waals surface area contributed by atoms with Crippen LogP contribution in [-0.4, -0.2) is 26.7 Å². The van der Waals surface area contributed by atoms with Gasteiger partial charge in [-0.1, -0.05) is 36.4 Å². The van der Waals surface area contributed by atoms with Gasteiger partial charge in [0.2, 0.25) is 0 Å². The topological polar surface area (TPSA) is 47.6 Å². The fraction of sp³-hybridized carbons (Fsp3) is 0.318. The standard InChI is InChI=1S/C22H27NO3/c1-4-10-18-15-19(16-20(25-2)21(18)26-3)22(24)23-14-9-8-13-17-11-6-5-7-12-17/h4-7,11-12,15-16H,1,8-10,13-14H2,2-3H3,(H,23,24). The van der Waals surface area contributed by atoms with Crippen LogP contribution in [0.5, 0.6) is 11.5 Å². The fourth-order valence-corrected chi connectivity index (χ4v) is 2.88. The lowest BCUT2D eigenvalue weighted by atomic mass is 10.0. The van der Waals surface area contributed by atoms with E-state index in [1.807, 2.05) is 12.1 Å². The molecule has 0 fully saturated rings. The van der Waals surface area contributed by atoms with Gasteiger partial charge in [0.1, 0.15) is 0 Å². The van der Waals surface area contributed by atoms with Crippen LogP contribution in [0.3, 0.4) is 0 Å². The first-order valence-corrected chi connectivity index (χ1v) is 8.87.